The second-order valence-corrected chi connectivity index (χ2v) is 6.50. The first-order chi connectivity index (χ1) is 10.2. The molecule has 0 N–H and O–H groups in total. The van der Waals surface area contributed by atoms with E-state index in [9.17, 15) is 4.79 Å². The van der Waals surface area contributed by atoms with Crippen molar-refractivity contribution in [2.24, 2.45) is 5.92 Å². The zero-order chi connectivity index (χ0) is 14.9. The number of hydrogen-bond acceptors (Lipinski definition) is 2. The molecule has 21 heavy (non-hydrogen) atoms. The normalized spacial score (nSPS) is 27.1. The summed E-state index contributed by atoms with van der Waals surface area (Å²) in [6.45, 7) is 5.20. The predicted octanol–water partition coefficient (Wildman–Crippen LogP) is 4.21. The molecule has 2 atom stereocenters. The molecule has 2 aliphatic rings. The van der Waals surface area contributed by atoms with Crippen molar-refractivity contribution in [3.05, 3.63) is 41.5 Å². The number of ether oxygens (including phenoxy) is 1. The van der Waals surface area contributed by atoms with Crippen molar-refractivity contribution in [2.75, 3.05) is 6.61 Å². The summed E-state index contributed by atoms with van der Waals surface area (Å²) in [7, 11) is 0. The summed E-state index contributed by atoms with van der Waals surface area (Å²) >= 11 is 0. The molecule has 0 fully saturated rings. The molecule has 2 aliphatic carbocycles. The van der Waals surface area contributed by atoms with Crippen LogP contribution in [0, 0.1) is 5.92 Å². The second kappa shape index (κ2) is 5.67. The molecule has 1 aromatic rings. The zero-order valence-electron chi connectivity index (χ0n) is 13.0. The van der Waals surface area contributed by atoms with Crippen LogP contribution >= 0.6 is 0 Å². The number of hydrogen-bond donors (Lipinski definition) is 0. The summed E-state index contributed by atoms with van der Waals surface area (Å²) in [5, 5.41) is 0. The van der Waals surface area contributed by atoms with E-state index in [0.29, 0.717) is 5.78 Å². The van der Waals surface area contributed by atoms with Crippen molar-refractivity contribution >= 4 is 5.78 Å². The Kier molecular flexibility index (Phi) is 3.88. The highest BCUT2D eigenvalue weighted by Gasteiger charge is 2.44. The highest BCUT2D eigenvalue weighted by atomic mass is 16.5. The van der Waals surface area contributed by atoms with E-state index < -0.39 is 0 Å². The maximum Gasteiger partial charge on any atom is 0.159 e. The largest absolute Gasteiger partial charge is 0.493 e. The molecule has 0 aliphatic heterocycles. The first-order valence-electron chi connectivity index (χ1n) is 8.12. The lowest BCUT2D eigenvalue weighted by Crippen LogP contribution is -2.42. The summed E-state index contributed by atoms with van der Waals surface area (Å²) < 4.78 is 5.99. The molecule has 0 saturated carbocycles. The smallest absolute Gasteiger partial charge is 0.159 e. The van der Waals surface area contributed by atoms with Gasteiger partial charge in [0.2, 0.25) is 0 Å². The number of allylic oxidation sites excluding steroid dienone is 2. The van der Waals surface area contributed by atoms with Gasteiger partial charge in [-0.3, -0.25) is 4.79 Å². The Balaban J connectivity index is 1.96. The molecule has 0 aromatic heterocycles. The van der Waals surface area contributed by atoms with Crippen LogP contribution in [-0.4, -0.2) is 12.4 Å². The van der Waals surface area contributed by atoms with E-state index in [1.165, 1.54) is 11.1 Å². The van der Waals surface area contributed by atoms with Crippen molar-refractivity contribution in [3.8, 4) is 5.75 Å². The van der Waals surface area contributed by atoms with Gasteiger partial charge < -0.3 is 4.74 Å². The second-order valence-electron chi connectivity index (χ2n) is 6.50. The topological polar surface area (TPSA) is 26.3 Å². The average Bonchev–Trinajstić information content (AvgIpc) is 2.48. The molecule has 0 bridgehead atoms. The summed E-state index contributed by atoms with van der Waals surface area (Å²) in [4.78, 5) is 12.2. The van der Waals surface area contributed by atoms with Gasteiger partial charge in [-0.05, 0) is 49.0 Å². The highest BCUT2D eigenvalue weighted by Crippen LogP contribution is 2.48. The van der Waals surface area contributed by atoms with E-state index in [1.54, 1.807) is 6.08 Å². The number of carbonyl (C=O) groups is 1. The van der Waals surface area contributed by atoms with Crippen LogP contribution in [0.15, 0.2) is 30.4 Å². The molecule has 112 valence electrons. The number of rotatable bonds is 4. The number of benzene rings is 1. The lowest BCUT2D eigenvalue weighted by molar-refractivity contribution is -0.121. The van der Waals surface area contributed by atoms with Crippen LogP contribution in [-0.2, 0) is 16.6 Å². The summed E-state index contributed by atoms with van der Waals surface area (Å²) in [5.41, 5.74) is 2.60. The van der Waals surface area contributed by atoms with Crippen LogP contribution in [0.25, 0.3) is 0 Å². The fourth-order valence-corrected chi connectivity index (χ4v) is 3.86. The maximum atomic E-state index is 12.2. The Morgan fingerprint density at radius 3 is 3.05 bits per heavy atom. The minimum Gasteiger partial charge on any atom is -0.493 e. The van der Waals surface area contributed by atoms with Gasteiger partial charge in [-0.25, -0.2) is 0 Å². The third kappa shape index (κ3) is 2.41. The molecule has 0 saturated heterocycles. The SMILES string of the molecule is CCCCOc1cccc2c1CCC1C(=O)C=CC[C@@]21C. The van der Waals surface area contributed by atoms with Crippen LogP contribution in [0.2, 0.25) is 0 Å². The summed E-state index contributed by atoms with van der Waals surface area (Å²) in [5.74, 6) is 1.47. The van der Waals surface area contributed by atoms with Gasteiger partial charge in [0.05, 0.1) is 6.61 Å². The fraction of sp³-hybridized carbons (Fsp3) is 0.526. The predicted molar refractivity (Wildman–Crippen MR) is 84.8 cm³/mol. The number of fused-ring (bicyclic) bond motifs is 3. The van der Waals surface area contributed by atoms with E-state index in [1.807, 2.05) is 6.08 Å². The van der Waals surface area contributed by atoms with Gasteiger partial charge in [0.1, 0.15) is 5.75 Å². The lowest BCUT2D eigenvalue weighted by atomic mass is 9.59. The van der Waals surface area contributed by atoms with Crippen LogP contribution in [0.3, 0.4) is 0 Å². The minimum absolute atomic E-state index is 0.0520. The van der Waals surface area contributed by atoms with Crippen molar-refractivity contribution < 1.29 is 9.53 Å². The zero-order valence-corrected chi connectivity index (χ0v) is 13.0. The van der Waals surface area contributed by atoms with Gasteiger partial charge in [0.15, 0.2) is 5.78 Å². The molecular weight excluding hydrogens is 260 g/mol. The monoisotopic (exact) mass is 284 g/mol. The summed E-state index contributed by atoms with van der Waals surface area (Å²) in [6, 6.07) is 6.36. The molecule has 2 nitrogen and oxygen atoms in total. The molecule has 0 radical (unpaired) electrons. The third-order valence-corrected chi connectivity index (χ3v) is 5.12. The van der Waals surface area contributed by atoms with E-state index in [-0.39, 0.29) is 11.3 Å². The maximum absolute atomic E-state index is 12.2. The van der Waals surface area contributed by atoms with Crippen LogP contribution < -0.4 is 4.74 Å². The lowest BCUT2D eigenvalue weighted by Gasteiger charge is -2.43. The molecule has 3 rings (SSSR count). The molecule has 0 spiro atoms. The van der Waals surface area contributed by atoms with Crippen molar-refractivity contribution in [3.63, 3.8) is 0 Å². The van der Waals surface area contributed by atoms with Crippen molar-refractivity contribution in [1.29, 1.82) is 0 Å². The standard InChI is InChI=1S/C19H24O2/c1-3-4-13-21-18-9-5-7-15-14(18)10-11-16-17(20)8-6-12-19(15,16)2/h5-9,16H,3-4,10-13H2,1-2H3/t16?,19-/m0/s1. The van der Waals surface area contributed by atoms with Gasteiger partial charge in [0, 0.05) is 11.3 Å². The minimum atomic E-state index is -0.0520. The molecule has 0 heterocycles. The van der Waals surface area contributed by atoms with Gasteiger partial charge in [-0.15, -0.1) is 0 Å². The first kappa shape index (κ1) is 14.4. The van der Waals surface area contributed by atoms with E-state index >= 15 is 0 Å². The van der Waals surface area contributed by atoms with Gasteiger partial charge in [0.25, 0.3) is 0 Å². The van der Waals surface area contributed by atoms with Gasteiger partial charge in [-0.2, -0.15) is 0 Å². The first-order valence-corrected chi connectivity index (χ1v) is 8.12. The number of unbranched alkanes of at least 4 members (excludes halogenated alkanes) is 1. The van der Waals surface area contributed by atoms with E-state index in [4.69, 9.17) is 4.74 Å². The van der Waals surface area contributed by atoms with Crippen LogP contribution in [0.5, 0.6) is 5.75 Å². The molecule has 1 aromatic carbocycles. The van der Waals surface area contributed by atoms with Crippen LogP contribution in [0.4, 0.5) is 0 Å². The molecular formula is C19H24O2. The fourth-order valence-electron chi connectivity index (χ4n) is 3.86. The Hall–Kier alpha value is -1.57. The number of carbonyl (C=O) groups excluding carboxylic acids is 1. The Labute approximate surface area is 127 Å². The van der Waals surface area contributed by atoms with Crippen molar-refractivity contribution in [1.82, 2.24) is 0 Å². The van der Waals surface area contributed by atoms with Gasteiger partial charge in [-0.1, -0.05) is 38.5 Å². The Morgan fingerprint density at radius 1 is 1.38 bits per heavy atom. The summed E-state index contributed by atoms with van der Waals surface area (Å²) in [6.07, 6.45) is 8.91. The Morgan fingerprint density at radius 2 is 2.24 bits per heavy atom. The Bertz CT molecular complexity index is 573. The third-order valence-electron chi connectivity index (χ3n) is 5.12. The quantitative estimate of drug-likeness (QED) is 0.774. The van der Waals surface area contributed by atoms with Gasteiger partial charge >= 0.3 is 0 Å². The van der Waals surface area contributed by atoms with E-state index in [0.717, 1.165) is 44.5 Å². The van der Waals surface area contributed by atoms with Crippen molar-refractivity contribution in [2.45, 2.75) is 51.4 Å². The molecule has 2 heteroatoms. The molecule has 1 unspecified atom stereocenters. The average molecular weight is 284 g/mol. The number of ketones is 1. The highest BCUT2D eigenvalue weighted by molar-refractivity contribution is 5.94. The van der Waals surface area contributed by atoms with E-state index in [2.05, 4.69) is 32.0 Å². The molecule has 0 amide bonds. The van der Waals surface area contributed by atoms with Crippen LogP contribution in [0.1, 0.15) is 50.7 Å².